The van der Waals surface area contributed by atoms with Gasteiger partial charge in [-0.1, -0.05) is 12.1 Å². The molecule has 0 spiro atoms. The van der Waals surface area contributed by atoms with Crippen LogP contribution < -0.4 is 10.5 Å². The summed E-state index contributed by atoms with van der Waals surface area (Å²) in [6.45, 7) is -0.0174. The van der Waals surface area contributed by atoms with Gasteiger partial charge in [0.15, 0.2) is 5.78 Å². The molecule has 1 aliphatic carbocycles. The van der Waals surface area contributed by atoms with E-state index in [1.54, 1.807) is 19.5 Å². The lowest BCUT2D eigenvalue weighted by atomic mass is 9.92. The molecule has 1 aliphatic rings. The van der Waals surface area contributed by atoms with Crippen LogP contribution in [0.4, 0.5) is 0 Å². The summed E-state index contributed by atoms with van der Waals surface area (Å²) in [4.78, 5) is 20.1. The normalized spacial score (nSPS) is 15.4. The fourth-order valence-corrected chi connectivity index (χ4v) is 2.68. The van der Waals surface area contributed by atoms with Crippen molar-refractivity contribution < 1.29 is 9.53 Å². The van der Waals surface area contributed by atoms with Crippen LogP contribution in [0.5, 0.6) is 5.75 Å². The Morgan fingerprint density at radius 2 is 2.05 bits per heavy atom. The highest BCUT2D eigenvalue weighted by atomic mass is 16.5. The Morgan fingerprint density at radius 3 is 2.64 bits per heavy atom. The van der Waals surface area contributed by atoms with Crippen molar-refractivity contribution in [1.29, 1.82) is 0 Å². The molecule has 22 heavy (non-hydrogen) atoms. The van der Waals surface area contributed by atoms with E-state index in [1.807, 2.05) is 12.1 Å². The van der Waals surface area contributed by atoms with Crippen molar-refractivity contribution in [2.75, 3.05) is 13.7 Å². The van der Waals surface area contributed by atoms with Gasteiger partial charge in [0.05, 0.1) is 19.2 Å². The minimum atomic E-state index is -0.138. The number of carbonyl (C=O) groups is 1. The van der Waals surface area contributed by atoms with Crippen molar-refractivity contribution in [3.05, 3.63) is 53.6 Å². The largest absolute Gasteiger partial charge is 0.497 e. The molecule has 5 nitrogen and oxygen atoms in total. The zero-order valence-electron chi connectivity index (χ0n) is 12.6. The molecule has 1 fully saturated rings. The SMILES string of the molecule is COc1cccc(C2(Cc3ncc(C(=O)CN)cn3)CC2)c1. The van der Waals surface area contributed by atoms with E-state index >= 15 is 0 Å². The Bertz CT molecular complexity index is 679. The predicted octanol–water partition coefficient (Wildman–Crippen LogP) is 1.90. The Kier molecular flexibility index (Phi) is 3.90. The lowest BCUT2D eigenvalue weighted by Crippen LogP contribution is -2.16. The summed E-state index contributed by atoms with van der Waals surface area (Å²) in [5.74, 6) is 1.49. The monoisotopic (exact) mass is 297 g/mol. The Hall–Kier alpha value is -2.27. The molecule has 1 heterocycles. The molecule has 114 valence electrons. The maximum atomic E-state index is 11.5. The smallest absolute Gasteiger partial charge is 0.179 e. The molecule has 1 aromatic carbocycles. The van der Waals surface area contributed by atoms with E-state index in [1.165, 1.54) is 5.56 Å². The quantitative estimate of drug-likeness (QED) is 0.824. The number of nitrogens with zero attached hydrogens (tertiary/aromatic N) is 2. The average molecular weight is 297 g/mol. The van der Waals surface area contributed by atoms with Crippen LogP contribution in [-0.2, 0) is 11.8 Å². The van der Waals surface area contributed by atoms with Crippen LogP contribution in [0.3, 0.4) is 0 Å². The van der Waals surface area contributed by atoms with Gasteiger partial charge in [0.1, 0.15) is 11.6 Å². The minimum Gasteiger partial charge on any atom is -0.497 e. The third-order valence-corrected chi connectivity index (χ3v) is 4.24. The van der Waals surface area contributed by atoms with E-state index in [2.05, 4.69) is 22.1 Å². The molecule has 0 saturated heterocycles. The van der Waals surface area contributed by atoms with E-state index in [0.29, 0.717) is 5.56 Å². The van der Waals surface area contributed by atoms with Gasteiger partial charge >= 0.3 is 0 Å². The number of carbonyl (C=O) groups excluding carboxylic acids is 1. The van der Waals surface area contributed by atoms with E-state index in [9.17, 15) is 4.79 Å². The van der Waals surface area contributed by atoms with Gasteiger partial charge in [-0.05, 0) is 30.5 Å². The van der Waals surface area contributed by atoms with E-state index < -0.39 is 0 Å². The maximum Gasteiger partial charge on any atom is 0.179 e. The lowest BCUT2D eigenvalue weighted by Gasteiger charge is -2.15. The van der Waals surface area contributed by atoms with Crippen molar-refractivity contribution in [2.24, 2.45) is 5.73 Å². The van der Waals surface area contributed by atoms with Crippen molar-refractivity contribution in [2.45, 2.75) is 24.7 Å². The number of Topliss-reactive ketones (excluding diaryl/α,β-unsaturated/α-hetero) is 1. The molecule has 2 N–H and O–H groups in total. The fourth-order valence-electron chi connectivity index (χ4n) is 2.68. The summed E-state index contributed by atoms with van der Waals surface area (Å²) in [7, 11) is 1.68. The first-order valence-corrected chi connectivity index (χ1v) is 7.35. The third-order valence-electron chi connectivity index (χ3n) is 4.24. The number of hydrogen-bond acceptors (Lipinski definition) is 5. The van der Waals surface area contributed by atoms with Gasteiger partial charge in [-0.2, -0.15) is 0 Å². The Balaban J connectivity index is 1.78. The summed E-state index contributed by atoms with van der Waals surface area (Å²) in [6, 6.07) is 8.17. The fraction of sp³-hybridized carbons (Fsp3) is 0.353. The first-order chi connectivity index (χ1) is 10.7. The number of rotatable bonds is 6. The van der Waals surface area contributed by atoms with Gasteiger partial charge in [-0.25, -0.2) is 9.97 Å². The number of benzene rings is 1. The van der Waals surface area contributed by atoms with Crippen LogP contribution in [0.2, 0.25) is 0 Å². The zero-order chi connectivity index (χ0) is 15.6. The standard InChI is InChI=1S/C17H19N3O2/c1-22-14-4-2-3-13(7-14)17(5-6-17)8-16-19-10-12(11-20-16)15(21)9-18/h2-4,7,10-11H,5-6,8-9,18H2,1H3. The summed E-state index contributed by atoms with van der Waals surface area (Å²) < 4.78 is 5.30. The number of aromatic nitrogens is 2. The minimum absolute atomic E-state index is 0.0174. The number of methoxy groups -OCH3 is 1. The van der Waals surface area contributed by atoms with Gasteiger partial charge in [-0.3, -0.25) is 4.79 Å². The third kappa shape index (κ3) is 2.85. The molecule has 5 heteroatoms. The van der Waals surface area contributed by atoms with E-state index in [-0.39, 0.29) is 17.7 Å². The number of ether oxygens (including phenoxy) is 1. The number of hydrogen-bond donors (Lipinski definition) is 1. The van der Waals surface area contributed by atoms with Gasteiger partial charge in [-0.15, -0.1) is 0 Å². The molecule has 3 rings (SSSR count). The first kappa shape index (κ1) is 14.7. The number of ketones is 1. The maximum absolute atomic E-state index is 11.5. The van der Waals surface area contributed by atoms with Gasteiger partial charge in [0.25, 0.3) is 0 Å². The van der Waals surface area contributed by atoms with Crippen LogP contribution in [0.15, 0.2) is 36.7 Å². The highest BCUT2D eigenvalue weighted by Gasteiger charge is 2.45. The second-order valence-electron chi connectivity index (χ2n) is 5.70. The molecule has 0 radical (unpaired) electrons. The zero-order valence-corrected chi connectivity index (χ0v) is 12.6. The Morgan fingerprint density at radius 1 is 1.32 bits per heavy atom. The summed E-state index contributed by atoms with van der Waals surface area (Å²) in [5, 5.41) is 0. The molecule has 2 aromatic rings. The van der Waals surface area contributed by atoms with Crippen LogP contribution in [0.25, 0.3) is 0 Å². The molecule has 0 bridgehead atoms. The molecule has 1 aromatic heterocycles. The molecule has 0 aliphatic heterocycles. The van der Waals surface area contributed by atoms with Gasteiger partial charge < -0.3 is 10.5 Å². The summed E-state index contributed by atoms with van der Waals surface area (Å²) in [6.07, 6.45) is 6.15. The second-order valence-corrected chi connectivity index (χ2v) is 5.70. The first-order valence-electron chi connectivity index (χ1n) is 7.35. The molecule has 0 atom stereocenters. The van der Waals surface area contributed by atoms with Gasteiger partial charge in [0.2, 0.25) is 0 Å². The highest BCUT2D eigenvalue weighted by Crippen LogP contribution is 2.50. The highest BCUT2D eigenvalue weighted by molar-refractivity contribution is 5.96. The van der Waals surface area contributed by atoms with Crippen molar-refractivity contribution >= 4 is 5.78 Å². The lowest BCUT2D eigenvalue weighted by molar-refractivity contribution is 0.100. The predicted molar refractivity (Wildman–Crippen MR) is 83.0 cm³/mol. The van der Waals surface area contributed by atoms with Crippen LogP contribution in [0, 0.1) is 0 Å². The van der Waals surface area contributed by atoms with Crippen molar-refractivity contribution in [1.82, 2.24) is 9.97 Å². The molecular formula is C17H19N3O2. The van der Waals surface area contributed by atoms with E-state index in [4.69, 9.17) is 10.5 Å². The molecular weight excluding hydrogens is 278 g/mol. The Labute approximate surface area is 129 Å². The summed E-state index contributed by atoms with van der Waals surface area (Å²) in [5.41, 5.74) is 7.18. The average Bonchev–Trinajstić information content (AvgIpc) is 3.35. The van der Waals surface area contributed by atoms with Crippen molar-refractivity contribution in [3.8, 4) is 5.75 Å². The van der Waals surface area contributed by atoms with E-state index in [0.717, 1.165) is 30.8 Å². The summed E-state index contributed by atoms with van der Waals surface area (Å²) >= 11 is 0. The topological polar surface area (TPSA) is 78.1 Å². The van der Waals surface area contributed by atoms with Crippen molar-refractivity contribution in [3.63, 3.8) is 0 Å². The second kappa shape index (κ2) is 5.85. The number of nitrogens with two attached hydrogens (primary N) is 1. The molecule has 0 unspecified atom stereocenters. The van der Waals surface area contributed by atoms with Gasteiger partial charge in [0, 0.05) is 24.2 Å². The van der Waals surface area contributed by atoms with Crippen LogP contribution in [0.1, 0.15) is 34.6 Å². The molecule has 1 saturated carbocycles. The molecule has 0 amide bonds. The van der Waals surface area contributed by atoms with Crippen LogP contribution in [-0.4, -0.2) is 29.4 Å². The van der Waals surface area contributed by atoms with Crippen LogP contribution >= 0.6 is 0 Å².